The molecule has 1 aliphatic heterocycles. The molecule has 2 atom stereocenters. The van der Waals surface area contributed by atoms with Gasteiger partial charge in [0.2, 0.25) is 5.91 Å². The van der Waals surface area contributed by atoms with Crippen LogP contribution in [0.15, 0.2) is 29.2 Å². The van der Waals surface area contributed by atoms with Crippen molar-refractivity contribution in [3.63, 3.8) is 0 Å². The fourth-order valence-electron chi connectivity index (χ4n) is 3.12. The summed E-state index contributed by atoms with van der Waals surface area (Å²) in [7, 11) is -1.50. The highest BCUT2D eigenvalue weighted by Gasteiger charge is 2.45. The predicted molar refractivity (Wildman–Crippen MR) is 107 cm³/mol. The number of rotatable bonds is 10. The molecule has 1 fully saturated rings. The Morgan fingerprint density at radius 1 is 1.31 bits per heavy atom. The van der Waals surface area contributed by atoms with Gasteiger partial charge in [-0.3, -0.25) is 9.00 Å². The standard InChI is InChI=1S/C19H29NO4S2/c1-3-4-16(25-2)9-12-24-15-5-7-17(8-6-15)26(22)19(18(20)21)10-13-23-14-11-19/h5-8,16H,3-4,9-14H2,1-2H3,(H2,20,21). The average Bonchev–Trinajstić information content (AvgIpc) is 2.67. The van der Waals surface area contributed by atoms with E-state index in [9.17, 15) is 9.00 Å². The Kier molecular flexibility index (Phi) is 8.44. The van der Waals surface area contributed by atoms with E-state index in [1.165, 1.54) is 12.8 Å². The van der Waals surface area contributed by atoms with Crippen LogP contribution in [0.1, 0.15) is 39.0 Å². The number of carbonyl (C=O) groups excluding carboxylic acids is 1. The molecule has 1 aliphatic rings. The van der Waals surface area contributed by atoms with Crippen LogP contribution in [-0.4, -0.2) is 46.2 Å². The van der Waals surface area contributed by atoms with Gasteiger partial charge in [0, 0.05) is 23.4 Å². The van der Waals surface area contributed by atoms with Gasteiger partial charge in [0.05, 0.1) is 17.4 Å². The molecule has 2 N–H and O–H groups in total. The van der Waals surface area contributed by atoms with Gasteiger partial charge in [-0.2, -0.15) is 11.8 Å². The van der Waals surface area contributed by atoms with Crippen molar-refractivity contribution in [1.29, 1.82) is 0 Å². The van der Waals surface area contributed by atoms with Gasteiger partial charge in [-0.1, -0.05) is 13.3 Å². The van der Waals surface area contributed by atoms with Crippen LogP contribution in [0.25, 0.3) is 0 Å². The zero-order chi connectivity index (χ0) is 19.0. The van der Waals surface area contributed by atoms with E-state index in [0.717, 1.165) is 12.2 Å². The summed E-state index contributed by atoms with van der Waals surface area (Å²) in [5.74, 6) is 0.237. The molecule has 0 saturated carbocycles. The van der Waals surface area contributed by atoms with E-state index in [-0.39, 0.29) is 0 Å². The topological polar surface area (TPSA) is 78.6 Å². The van der Waals surface area contributed by atoms with Crippen molar-refractivity contribution in [2.24, 2.45) is 5.73 Å². The molecule has 146 valence electrons. The molecule has 2 rings (SSSR count). The number of amides is 1. The quantitative estimate of drug-likeness (QED) is 0.654. The summed E-state index contributed by atoms with van der Waals surface area (Å²) in [6.07, 6.45) is 6.30. The van der Waals surface area contributed by atoms with Crippen LogP contribution < -0.4 is 10.5 Å². The summed E-state index contributed by atoms with van der Waals surface area (Å²) in [4.78, 5) is 12.6. The molecular weight excluding hydrogens is 370 g/mol. The lowest BCUT2D eigenvalue weighted by Crippen LogP contribution is -2.51. The van der Waals surface area contributed by atoms with E-state index in [0.29, 0.717) is 42.8 Å². The van der Waals surface area contributed by atoms with Crippen LogP contribution in [0.3, 0.4) is 0 Å². The molecule has 0 spiro atoms. The third-order valence-corrected chi connectivity index (χ3v) is 7.95. The van der Waals surface area contributed by atoms with E-state index in [1.807, 2.05) is 23.9 Å². The van der Waals surface area contributed by atoms with Gasteiger partial charge < -0.3 is 15.2 Å². The van der Waals surface area contributed by atoms with Crippen molar-refractivity contribution in [1.82, 2.24) is 0 Å². The van der Waals surface area contributed by atoms with Crippen molar-refractivity contribution in [3.05, 3.63) is 24.3 Å². The van der Waals surface area contributed by atoms with Gasteiger partial charge in [-0.25, -0.2) is 0 Å². The number of carbonyl (C=O) groups is 1. The van der Waals surface area contributed by atoms with Crippen LogP contribution in [0.2, 0.25) is 0 Å². The minimum absolute atomic E-state index is 0.390. The van der Waals surface area contributed by atoms with E-state index in [4.69, 9.17) is 15.2 Å². The molecule has 1 heterocycles. The lowest BCUT2D eigenvalue weighted by Gasteiger charge is -2.33. The summed E-state index contributed by atoms with van der Waals surface area (Å²) in [6, 6.07) is 7.16. The third-order valence-electron chi connectivity index (χ3n) is 4.79. The highest BCUT2D eigenvalue weighted by molar-refractivity contribution is 7.99. The summed E-state index contributed by atoms with van der Waals surface area (Å²) >= 11 is 1.88. The maximum atomic E-state index is 13.0. The molecule has 1 saturated heterocycles. The predicted octanol–water partition coefficient (Wildman–Crippen LogP) is 3.13. The second-order valence-corrected chi connectivity index (χ2v) is 9.42. The third kappa shape index (κ3) is 5.24. The first kappa shape index (κ1) is 21.3. The summed E-state index contributed by atoms with van der Waals surface area (Å²) in [5, 5.41) is 0.621. The lowest BCUT2D eigenvalue weighted by molar-refractivity contribution is -0.122. The Hall–Kier alpha value is -1.05. The van der Waals surface area contributed by atoms with Gasteiger partial charge in [-0.15, -0.1) is 0 Å². The molecule has 0 aliphatic carbocycles. The van der Waals surface area contributed by atoms with Crippen molar-refractivity contribution in [2.45, 2.75) is 53.9 Å². The number of hydrogen-bond acceptors (Lipinski definition) is 5. The summed E-state index contributed by atoms with van der Waals surface area (Å²) < 4.78 is 23.1. The maximum Gasteiger partial charge on any atom is 0.236 e. The highest BCUT2D eigenvalue weighted by Crippen LogP contribution is 2.32. The molecule has 0 aromatic heterocycles. The van der Waals surface area contributed by atoms with Gasteiger partial charge in [0.25, 0.3) is 0 Å². The lowest BCUT2D eigenvalue weighted by atomic mass is 9.98. The fourth-order valence-corrected chi connectivity index (χ4v) is 5.48. The zero-order valence-corrected chi connectivity index (χ0v) is 17.2. The average molecular weight is 400 g/mol. The normalized spacial score (nSPS) is 18.8. The number of primary amides is 1. The zero-order valence-electron chi connectivity index (χ0n) is 15.6. The van der Waals surface area contributed by atoms with Gasteiger partial charge in [0.15, 0.2) is 0 Å². The molecule has 0 bridgehead atoms. The van der Waals surface area contributed by atoms with Crippen molar-refractivity contribution >= 4 is 28.5 Å². The molecular formula is C19H29NO4S2. The van der Waals surface area contributed by atoms with Crippen LogP contribution in [0.4, 0.5) is 0 Å². The van der Waals surface area contributed by atoms with Crippen molar-refractivity contribution < 1.29 is 18.5 Å². The minimum atomic E-state index is -1.50. The number of ether oxygens (including phenoxy) is 2. The largest absolute Gasteiger partial charge is 0.494 e. The Bertz CT molecular complexity index is 600. The van der Waals surface area contributed by atoms with Crippen LogP contribution >= 0.6 is 11.8 Å². The Balaban J connectivity index is 1.97. The van der Waals surface area contributed by atoms with E-state index in [1.54, 1.807) is 12.1 Å². The first-order valence-electron chi connectivity index (χ1n) is 9.08. The SMILES string of the molecule is CCCC(CCOc1ccc(S(=O)C2(C(N)=O)CCOCC2)cc1)SC. The Labute approximate surface area is 162 Å². The van der Waals surface area contributed by atoms with Crippen LogP contribution in [-0.2, 0) is 20.3 Å². The Morgan fingerprint density at radius 3 is 2.50 bits per heavy atom. The van der Waals surface area contributed by atoms with Crippen molar-refractivity contribution in [3.8, 4) is 5.75 Å². The molecule has 2 unspecified atom stereocenters. The first-order valence-corrected chi connectivity index (χ1v) is 11.5. The molecule has 26 heavy (non-hydrogen) atoms. The summed E-state index contributed by atoms with van der Waals surface area (Å²) in [6.45, 7) is 3.67. The molecule has 7 heteroatoms. The number of nitrogens with two attached hydrogens (primary N) is 1. The van der Waals surface area contributed by atoms with E-state index in [2.05, 4.69) is 13.2 Å². The number of benzene rings is 1. The monoisotopic (exact) mass is 399 g/mol. The first-order chi connectivity index (χ1) is 12.5. The second-order valence-electron chi connectivity index (χ2n) is 6.49. The van der Waals surface area contributed by atoms with Crippen molar-refractivity contribution in [2.75, 3.05) is 26.1 Å². The summed E-state index contributed by atoms with van der Waals surface area (Å²) in [5.41, 5.74) is 5.59. The van der Waals surface area contributed by atoms with Gasteiger partial charge in [0.1, 0.15) is 10.5 Å². The minimum Gasteiger partial charge on any atom is -0.494 e. The fraction of sp³-hybridized carbons (Fsp3) is 0.632. The number of thioether (sulfide) groups is 1. The second kappa shape index (κ2) is 10.3. The Morgan fingerprint density at radius 2 is 1.96 bits per heavy atom. The molecule has 1 amide bonds. The molecule has 0 radical (unpaired) electrons. The molecule has 1 aromatic rings. The van der Waals surface area contributed by atoms with Crippen LogP contribution in [0.5, 0.6) is 5.75 Å². The highest BCUT2D eigenvalue weighted by atomic mass is 32.2. The van der Waals surface area contributed by atoms with Gasteiger partial charge in [-0.05, 0) is 56.2 Å². The van der Waals surface area contributed by atoms with Gasteiger partial charge >= 0.3 is 0 Å². The van der Waals surface area contributed by atoms with E-state index < -0.39 is 21.5 Å². The van der Waals surface area contributed by atoms with Crippen LogP contribution in [0, 0.1) is 0 Å². The van der Waals surface area contributed by atoms with E-state index >= 15 is 0 Å². The number of hydrogen-bond donors (Lipinski definition) is 1. The smallest absolute Gasteiger partial charge is 0.236 e. The molecule has 1 aromatic carbocycles. The maximum absolute atomic E-state index is 13.0. The molecule has 5 nitrogen and oxygen atoms in total.